The van der Waals surface area contributed by atoms with Gasteiger partial charge in [-0.15, -0.1) is 0 Å². The number of methoxy groups -OCH3 is 1. The van der Waals surface area contributed by atoms with Crippen molar-refractivity contribution in [2.24, 2.45) is 0 Å². The molecule has 1 aromatic carbocycles. The van der Waals surface area contributed by atoms with Crippen LogP contribution < -0.4 is 15.2 Å². The molecule has 20 heavy (non-hydrogen) atoms. The van der Waals surface area contributed by atoms with Gasteiger partial charge >= 0.3 is 5.97 Å². The Labute approximate surface area is 118 Å². The minimum atomic E-state index is -3.80. The summed E-state index contributed by atoms with van der Waals surface area (Å²) in [6.07, 6.45) is -0.0439. The fourth-order valence-corrected chi connectivity index (χ4v) is 2.74. The van der Waals surface area contributed by atoms with Crippen molar-refractivity contribution >= 4 is 21.7 Å². The lowest BCUT2D eigenvalue weighted by Crippen LogP contribution is -2.27. The summed E-state index contributed by atoms with van der Waals surface area (Å²) in [5, 5.41) is 0. The van der Waals surface area contributed by atoms with Crippen LogP contribution in [0.25, 0.3) is 0 Å². The lowest BCUT2D eigenvalue weighted by molar-refractivity contribution is -0.142. The molecule has 0 aliphatic carbocycles. The number of nitrogens with one attached hydrogen (secondary N) is 1. The van der Waals surface area contributed by atoms with E-state index in [0.717, 1.165) is 0 Å². The number of nitrogen functional groups attached to an aromatic ring is 1. The predicted octanol–water partition coefficient (Wildman–Crippen LogP) is 0.509. The van der Waals surface area contributed by atoms with E-state index in [9.17, 15) is 13.2 Å². The topological polar surface area (TPSA) is 108 Å². The summed E-state index contributed by atoms with van der Waals surface area (Å²) >= 11 is 0. The van der Waals surface area contributed by atoms with Crippen LogP contribution in [0.4, 0.5) is 5.69 Å². The molecule has 7 nitrogen and oxygen atoms in total. The number of benzene rings is 1. The molecule has 1 rings (SSSR count). The highest BCUT2D eigenvalue weighted by Gasteiger charge is 2.19. The standard InChI is InChI=1S/C12H18N2O5S/c1-3-19-12(15)6-7-14-20(16,17)11-8-9(13)4-5-10(11)18-2/h4-5,8,14H,3,6-7,13H2,1-2H3. The highest BCUT2D eigenvalue weighted by atomic mass is 32.2. The average molecular weight is 302 g/mol. The van der Waals surface area contributed by atoms with E-state index in [-0.39, 0.29) is 30.2 Å². The molecule has 1 aromatic rings. The maximum absolute atomic E-state index is 12.1. The fourth-order valence-electron chi connectivity index (χ4n) is 1.50. The third kappa shape index (κ3) is 4.39. The van der Waals surface area contributed by atoms with Crippen LogP contribution in [-0.2, 0) is 19.6 Å². The first-order valence-corrected chi connectivity index (χ1v) is 7.47. The van der Waals surface area contributed by atoms with E-state index in [1.807, 2.05) is 0 Å². The van der Waals surface area contributed by atoms with E-state index in [1.54, 1.807) is 6.92 Å². The zero-order valence-electron chi connectivity index (χ0n) is 11.4. The molecule has 0 unspecified atom stereocenters. The Morgan fingerprint density at radius 3 is 2.70 bits per heavy atom. The van der Waals surface area contributed by atoms with Gasteiger partial charge in [-0.2, -0.15) is 0 Å². The van der Waals surface area contributed by atoms with Crippen molar-refractivity contribution in [2.45, 2.75) is 18.2 Å². The van der Waals surface area contributed by atoms with Gasteiger partial charge in [0.05, 0.1) is 20.1 Å². The molecule has 0 aromatic heterocycles. The molecule has 0 radical (unpaired) electrons. The van der Waals surface area contributed by atoms with Gasteiger partial charge in [-0.3, -0.25) is 4.79 Å². The van der Waals surface area contributed by atoms with Crippen LogP contribution in [0.15, 0.2) is 23.1 Å². The number of anilines is 1. The number of nitrogens with two attached hydrogens (primary N) is 1. The van der Waals surface area contributed by atoms with Gasteiger partial charge in [0.25, 0.3) is 0 Å². The average Bonchev–Trinajstić information content (AvgIpc) is 2.38. The van der Waals surface area contributed by atoms with Crippen molar-refractivity contribution in [2.75, 3.05) is 26.0 Å². The molecule has 0 spiro atoms. The van der Waals surface area contributed by atoms with E-state index >= 15 is 0 Å². The Morgan fingerprint density at radius 2 is 2.10 bits per heavy atom. The Balaban J connectivity index is 2.79. The highest BCUT2D eigenvalue weighted by molar-refractivity contribution is 7.89. The molecule has 8 heteroatoms. The Kier molecular flexibility index (Phi) is 5.78. The largest absolute Gasteiger partial charge is 0.495 e. The molecule has 0 saturated carbocycles. The molecule has 0 saturated heterocycles. The first-order valence-electron chi connectivity index (χ1n) is 5.99. The summed E-state index contributed by atoms with van der Waals surface area (Å²) in [4.78, 5) is 11.1. The summed E-state index contributed by atoms with van der Waals surface area (Å²) in [6, 6.07) is 4.30. The summed E-state index contributed by atoms with van der Waals surface area (Å²) in [6.45, 7) is 1.88. The molecule has 0 heterocycles. The van der Waals surface area contributed by atoms with Gasteiger partial charge in [-0.1, -0.05) is 0 Å². The minimum Gasteiger partial charge on any atom is -0.495 e. The number of hydrogen-bond acceptors (Lipinski definition) is 6. The van der Waals surface area contributed by atoms with Gasteiger partial charge in [0.1, 0.15) is 10.6 Å². The van der Waals surface area contributed by atoms with Crippen molar-refractivity contribution in [1.82, 2.24) is 4.72 Å². The second kappa shape index (κ2) is 7.11. The van der Waals surface area contributed by atoms with Gasteiger partial charge in [0.15, 0.2) is 0 Å². The zero-order chi connectivity index (χ0) is 15.2. The Bertz CT molecular complexity index is 571. The van der Waals surface area contributed by atoms with Crippen molar-refractivity contribution in [1.29, 1.82) is 0 Å². The zero-order valence-corrected chi connectivity index (χ0v) is 12.2. The number of hydrogen-bond donors (Lipinski definition) is 2. The molecule has 0 aliphatic rings. The Morgan fingerprint density at radius 1 is 1.40 bits per heavy atom. The maximum Gasteiger partial charge on any atom is 0.307 e. The van der Waals surface area contributed by atoms with Gasteiger partial charge in [-0.25, -0.2) is 13.1 Å². The molecule has 0 fully saturated rings. The molecular weight excluding hydrogens is 284 g/mol. The van der Waals surface area contributed by atoms with E-state index in [1.165, 1.54) is 25.3 Å². The number of sulfonamides is 1. The normalized spacial score (nSPS) is 11.1. The van der Waals surface area contributed by atoms with Gasteiger partial charge in [0.2, 0.25) is 10.0 Å². The Hall–Kier alpha value is -1.80. The van der Waals surface area contributed by atoms with E-state index in [4.69, 9.17) is 15.2 Å². The quantitative estimate of drug-likeness (QED) is 0.561. The summed E-state index contributed by atoms with van der Waals surface area (Å²) in [5.41, 5.74) is 5.88. The summed E-state index contributed by atoms with van der Waals surface area (Å²) in [5.74, 6) is -0.280. The van der Waals surface area contributed by atoms with Crippen LogP contribution in [0.1, 0.15) is 13.3 Å². The second-order valence-electron chi connectivity index (χ2n) is 3.86. The van der Waals surface area contributed by atoms with Crippen molar-refractivity contribution in [3.8, 4) is 5.75 Å². The van der Waals surface area contributed by atoms with Crippen molar-refractivity contribution < 1.29 is 22.7 Å². The minimum absolute atomic E-state index is 0.0439. The van der Waals surface area contributed by atoms with E-state index in [0.29, 0.717) is 5.69 Å². The first kappa shape index (κ1) is 16.3. The molecule has 112 valence electrons. The molecular formula is C12H18N2O5S. The number of carbonyl (C=O) groups is 1. The molecule has 0 amide bonds. The predicted molar refractivity (Wildman–Crippen MR) is 73.8 cm³/mol. The fraction of sp³-hybridized carbons (Fsp3) is 0.417. The maximum atomic E-state index is 12.1. The van der Waals surface area contributed by atoms with Crippen LogP contribution in [0.3, 0.4) is 0 Å². The van der Waals surface area contributed by atoms with Crippen molar-refractivity contribution in [3.05, 3.63) is 18.2 Å². The number of rotatable bonds is 7. The molecule has 0 bridgehead atoms. The highest BCUT2D eigenvalue weighted by Crippen LogP contribution is 2.25. The van der Waals surface area contributed by atoms with E-state index < -0.39 is 16.0 Å². The second-order valence-corrected chi connectivity index (χ2v) is 5.60. The third-order valence-corrected chi connectivity index (χ3v) is 3.89. The number of carbonyl (C=O) groups excluding carboxylic acids is 1. The summed E-state index contributed by atoms with van der Waals surface area (Å²) < 4.78 is 36.2. The molecule has 0 aliphatic heterocycles. The number of ether oxygens (including phenoxy) is 2. The van der Waals surface area contributed by atoms with Crippen molar-refractivity contribution in [3.63, 3.8) is 0 Å². The molecule has 3 N–H and O–H groups in total. The SMILES string of the molecule is CCOC(=O)CCNS(=O)(=O)c1cc(N)ccc1OC. The van der Waals surface area contributed by atoms with E-state index in [2.05, 4.69) is 4.72 Å². The third-order valence-electron chi connectivity index (χ3n) is 2.40. The lowest BCUT2D eigenvalue weighted by Gasteiger charge is -2.11. The first-order chi connectivity index (χ1) is 9.40. The van der Waals surface area contributed by atoms with Gasteiger partial charge < -0.3 is 15.2 Å². The van der Waals surface area contributed by atoms with Crippen LogP contribution in [0, 0.1) is 0 Å². The monoisotopic (exact) mass is 302 g/mol. The van der Waals surface area contributed by atoms with Crippen LogP contribution in [-0.4, -0.2) is 34.6 Å². The van der Waals surface area contributed by atoms with Crippen LogP contribution >= 0.6 is 0 Å². The van der Waals surface area contributed by atoms with Crippen LogP contribution in [0.2, 0.25) is 0 Å². The summed E-state index contributed by atoms with van der Waals surface area (Å²) in [7, 11) is -2.43. The number of esters is 1. The van der Waals surface area contributed by atoms with Gasteiger partial charge in [-0.05, 0) is 25.1 Å². The lowest BCUT2D eigenvalue weighted by atomic mass is 10.3. The van der Waals surface area contributed by atoms with Crippen LogP contribution in [0.5, 0.6) is 5.75 Å². The molecule has 0 atom stereocenters. The van der Waals surface area contributed by atoms with Gasteiger partial charge in [0, 0.05) is 12.2 Å². The smallest absolute Gasteiger partial charge is 0.307 e.